The fourth-order valence-electron chi connectivity index (χ4n) is 3.77. The zero-order chi connectivity index (χ0) is 24.4. The first-order valence-corrected chi connectivity index (χ1v) is 11.0. The summed E-state index contributed by atoms with van der Waals surface area (Å²) in [6.07, 6.45) is 0. The van der Waals surface area contributed by atoms with Crippen molar-refractivity contribution in [1.82, 2.24) is 20.8 Å². The molecule has 0 bridgehead atoms. The van der Waals surface area contributed by atoms with Crippen LogP contribution in [0, 0.1) is 10.1 Å². The molecule has 35 heavy (non-hydrogen) atoms. The number of rotatable bonds is 4. The Balaban J connectivity index is 1.40. The van der Waals surface area contributed by atoms with Crippen molar-refractivity contribution in [3.05, 3.63) is 101 Å². The zero-order valence-electron chi connectivity index (χ0n) is 18.1. The van der Waals surface area contributed by atoms with Crippen LogP contribution in [-0.2, 0) is 0 Å². The minimum Gasteiger partial charge on any atom is -0.353 e. The second-order valence-corrected chi connectivity index (χ2v) is 8.06. The first kappa shape index (κ1) is 22.0. The van der Waals surface area contributed by atoms with Gasteiger partial charge in [0, 0.05) is 39.7 Å². The van der Waals surface area contributed by atoms with Crippen LogP contribution < -0.4 is 16.2 Å². The van der Waals surface area contributed by atoms with Crippen LogP contribution in [0.5, 0.6) is 0 Å². The van der Waals surface area contributed by atoms with Gasteiger partial charge < -0.3 is 10.3 Å². The Morgan fingerprint density at radius 1 is 0.914 bits per heavy atom. The molecule has 0 aliphatic heterocycles. The number of para-hydroxylation sites is 1. The van der Waals surface area contributed by atoms with Crippen LogP contribution in [0.1, 0.15) is 10.5 Å². The van der Waals surface area contributed by atoms with Gasteiger partial charge in [0.05, 0.1) is 16.1 Å². The maximum atomic E-state index is 13.0. The number of nitro benzene ring substituents is 1. The largest absolute Gasteiger partial charge is 0.353 e. The third-order valence-electron chi connectivity index (χ3n) is 5.40. The van der Waals surface area contributed by atoms with Gasteiger partial charge in [-0.05, 0) is 36.5 Å². The molecule has 0 fully saturated rings. The molecule has 0 saturated heterocycles. The van der Waals surface area contributed by atoms with Crippen LogP contribution in [0.15, 0.2) is 84.9 Å². The number of hydrogen-bond donors (Lipinski definition) is 4. The Bertz CT molecular complexity index is 1580. The van der Waals surface area contributed by atoms with E-state index < -0.39 is 10.8 Å². The Morgan fingerprint density at radius 3 is 2.37 bits per heavy atom. The summed E-state index contributed by atoms with van der Waals surface area (Å²) in [5.74, 6) is -0.470. The van der Waals surface area contributed by atoms with E-state index >= 15 is 0 Å². The highest BCUT2D eigenvalue weighted by atomic mass is 32.1. The van der Waals surface area contributed by atoms with Crippen LogP contribution in [0.2, 0.25) is 0 Å². The van der Waals surface area contributed by atoms with Crippen molar-refractivity contribution in [3.8, 4) is 11.3 Å². The van der Waals surface area contributed by atoms with Gasteiger partial charge >= 0.3 is 0 Å². The minimum atomic E-state index is -0.484. The molecule has 0 radical (unpaired) electrons. The van der Waals surface area contributed by atoms with Gasteiger partial charge in [0.1, 0.15) is 5.69 Å². The van der Waals surface area contributed by atoms with Crippen molar-refractivity contribution in [2.75, 3.05) is 5.32 Å². The van der Waals surface area contributed by atoms with Gasteiger partial charge in [-0.3, -0.25) is 25.8 Å². The highest BCUT2D eigenvalue weighted by molar-refractivity contribution is 7.80. The predicted octanol–water partition coefficient (Wildman–Crippen LogP) is 4.92. The normalized spacial score (nSPS) is 10.7. The molecule has 10 heteroatoms. The molecule has 5 rings (SSSR count). The van der Waals surface area contributed by atoms with E-state index in [4.69, 9.17) is 12.2 Å². The third kappa shape index (κ3) is 4.50. The summed E-state index contributed by atoms with van der Waals surface area (Å²) in [4.78, 5) is 31.4. The standard InChI is InChI=1S/C25H18N6O3S/c32-24(29-30-25(35)26-16-10-12-17(13-11-16)31(33)34)21-14-19-18-8-4-5-9-20(18)27-23(19)22(28-21)15-6-2-1-3-7-15/h1-14,27H,(H,29,32)(H2,26,30,35). The highest BCUT2D eigenvalue weighted by Crippen LogP contribution is 2.32. The molecule has 4 N–H and O–H groups in total. The Morgan fingerprint density at radius 2 is 1.63 bits per heavy atom. The first-order chi connectivity index (χ1) is 17.0. The molecule has 9 nitrogen and oxygen atoms in total. The van der Waals surface area contributed by atoms with E-state index in [2.05, 4.69) is 26.1 Å². The van der Waals surface area contributed by atoms with Crippen molar-refractivity contribution in [3.63, 3.8) is 0 Å². The Kier molecular flexibility index (Phi) is 5.78. The van der Waals surface area contributed by atoms with Crippen molar-refractivity contribution in [2.45, 2.75) is 0 Å². The first-order valence-electron chi connectivity index (χ1n) is 10.6. The molecule has 2 aromatic heterocycles. The van der Waals surface area contributed by atoms with Gasteiger partial charge in [-0.25, -0.2) is 4.98 Å². The van der Waals surface area contributed by atoms with E-state index in [1.807, 2.05) is 54.6 Å². The molecule has 0 unspecified atom stereocenters. The number of hydrogen-bond acceptors (Lipinski definition) is 5. The molecule has 172 valence electrons. The summed E-state index contributed by atoms with van der Waals surface area (Å²) in [5, 5.41) is 15.6. The van der Waals surface area contributed by atoms with Gasteiger partial charge in [0.15, 0.2) is 5.11 Å². The number of nitrogens with zero attached hydrogens (tertiary/aromatic N) is 2. The lowest BCUT2D eigenvalue weighted by Gasteiger charge is -2.12. The summed E-state index contributed by atoms with van der Waals surface area (Å²) in [7, 11) is 0. The predicted molar refractivity (Wildman–Crippen MR) is 139 cm³/mol. The molecule has 0 aliphatic carbocycles. The van der Waals surface area contributed by atoms with Crippen LogP contribution >= 0.6 is 12.2 Å². The van der Waals surface area contributed by atoms with Crippen LogP contribution in [0.25, 0.3) is 33.1 Å². The molecule has 0 spiro atoms. The Labute approximate surface area is 204 Å². The zero-order valence-corrected chi connectivity index (χ0v) is 18.9. The number of hydrazine groups is 1. The fraction of sp³-hybridized carbons (Fsp3) is 0. The van der Waals surface area contributed by atoms with Gasteiger partial charge in [-0.15, -0.1) is 0 Å². The van der Waals surface area contributed by atoms with Gasteiger partial charge in [-0.2, -0.15) is 0 Å². The average Bonchev–Trinajstić information content (AvgIpc) is 3.26. The lowest BCUT2D eigenvalue weighted by molar-refractivity contribution is -0.384. The number of aromatic amines is 1. The smallest absolute Gasteiger partial charge is 0.288 e. The minimum absolute atomic E-state index is 0.0318. The van der Waals surface area contributed by atoms with Crippen molar-refractivity contribution in [1.29, 1.82) is 0 Å². The summed E-state index contributed by atoms with van der Waals surface area (Å²) in [6, 6.07) is 25.0. The van der Waals surface area contributed by atoms with Gasteiger partial charge in [0.25, 0.3) is 11.6 Å². The van der Waals surface area contributed by atoms with Crippen molar-refractivity contribution in [2.24, 2.45) is 0 Å². The fourth-order valence-corrected chi connectivity index (χ4v) is 3.94. The number of carbonyl (C=O) groups excluding carboxylic acids is 1. The lowest BCUT2D eigenvalue weighted by atomic mass is 10.1. The number of pyridine rings is 1. The number of amides is 1. The van der Waals surface area contributed by atoms with E-state index in [-0.39, 0.29) is 16.5 Å². The molecule has 2 heterocycles. The van der Waals surface area contributed by atoms with Crippen LogP contribution in [0.4, 0.5) is 11.4 Å². The molecule has 0 atom stereocenters. The number of aromatic nitrogens is 2. The number of anilines is 1. The topological polar surface area (TPSA) is 125 Å². The van der Waals surface area contributed by atoms with E-state index in [1.54, 1.807) is 6.07 Å². The number of fused-ring (bicyclic) bond motifs is 3. The number of H-pyrrole nitrogens is 1. The molecule has 0 saturated carbocycles. The average molecular weight is 483 g/mol. The second-order valence-electron chi connectivity index (χ2n) is 7.65. The molecule has 1 amide bonds. The summed E-state index contributed by atoms with van der Waals surface area (Å²) in [5.41, 5.74) is 9.25. The lowest BCUT2D eigenvalue weighted by Crippen LogP contribution is -2.44. The monoisotopic (exact) mass is 482 g/mol. The van der Waals surface area contributed by atoms with E-state index in [0.717, 1.165) is 27.4 Å². The summed E-state index contributed by atoms with van der Waals surface area (Å²) < 4.78 is 0. The molecular formula is C25H18N6O3S. The molecular weight excluding hydrogens is 464 g/mol. The van der Waals surface area contributed by atoms with Crippen LogP contribution in [0.3, 0.4) is 0 Å². The van der Waals surface area contributed by atoms with Crippen molar-refractivity contribution < 1.29 is 9.72 Å². The van der Waals surface area contributed by atoms with Crippen LogP contribution in [-0.4, -0.2) is 25.9 Å². The van der Waals surface area contributed by atoms with Crippen molar-refractivity contribution >= 4 is 56.4 Å². The third-order valence-corrected chi connectivity index (χ3v) is 5.61. The maximum Gasteiger partial charge on any atom is 0.288 e. The second kappa shape index (κ2) is 9.20. The van der Waals surface area contributed by atoms with E-state index in [9.17, 15) is 14.9 Å². The highest BCUT2D eigenvalue weighted by Gasteiger charge is 2.17. The number of nitro groups is 1. The maximum absolute atomic E-state index is 13.0. The van der Waals surface area contributed by atoms with E-state index in [0.29, 0.717) is 11.4 Å². The quantitative estimate of drug-likeness (QED) is 0.163. The van der Waals surface area contributed by atoms with Gasteiger partial charge in [0.2, 0.25) is 0 Å². The molecule has 5 aromatic rings. The molecule has 3 aromatic carbocycles. The number of nitrogens with one attached hydrogen (secondary N) is 4. The Hall–Kier alpha value is -4.83. The molecule has 0 aliphatic rings. The van der Waals surface area contributed by atoms with Gasteiger partial charge in [-0.1, -0.05) is 48.5 Å². The number of non-ortho nitro benzene ring substituents is 1. The number of carbonyl (C=O) groups is 1. The number of benzene rings is 3. The summed E-state index contributed by atoms with van der Waals surface area (Å²) in [6.45, 7) is 0. The SMILES string of the molecule is O=C(NNC(=S)Nc1ccc([N+](=O)[O-])cc1)c1cc2c([nH]c3ccccc32)c(-c2ccccc2)n1. The summed E-state index contributed by atoms with van der Waals surface area (Å²) >= 11 is 5.22. The van der Waals surface area contributed by atoms with E-state index in [1.165, 1.54) is 24.3 Å². The number of thiocarbonyl (C=S) groups is 1.